The molecule has 0 amide bonds. The summed E-state index contributed by atoms with van der Waals surface area (Å²) in [5, 5.41) is 10.8. The van der Waals surface area contributed by atoms with Gasteiger partial charge in [0.05, 0.1) is 45.1 Å². The van der Waals surface area contributed by atoms with Crippen LogP contribution in [0.4, 0.5) is 0 Å². The monoisotopic (exact) mass is 414 g/mol. The molecule has 0 radical (unpaired) electrons. The highest BCUT2D eigenvalue weighted by Gasteiger charge is 2.35. The van der Waals surface area contributed by atoms with Crippen LogP contribution in [0.2, 0.25) is 0 Å². The van der Waals surface area contributed by atoms with Crippen molar-refractivity contribution in [3.05, 3.63) is 71.8 Å². The summed E-state index contributed by atoms with van der Waals surface area (Å²) in [5.41, 5.74) is 2.17. The van der Waals surface area contributed by atoms with Crippen molar-refractivity contribution in [1.29, 1.82) is 0 Å². The van der Waals surface area contributed by atoms with E-state index in [0.29, 0.717) is 19.8 Å². The molecule has 0 heterocycles. The fourth-order valence-electron chi connectivity index (χ4n) is 3.61. The van der Waals surface area contributed by atoms with Crippen molar-refractivity contribution in [3.8, 4) is 0 Å². The normalized spacial score (nSPS) is 16.3. The molecule has 0 bridgehead atoms. The zero-order valence-corrected chi connectivity index (χ0v) is 18.4. The lowest BCUT2D eigenvalue weighted by atomic mass is 9.84. The molecule has 2 aromatic carbocycles. The fourth-order valence-corrected chi connectivity index (χ4v) is 3.61. The molecule has 5 atom stereocenters. The van der Waals surface area contributed by atoms with E-state index in [1.807, 2.05) is 74.5 Å². The Morgan fingerprint density at radius 1 is 0.900 bits per heavy atom. The summed E-state index contributed by atoms with van der Waals surface area (Å²) in [5.74, 6) is -1.32. The number of carbonyl (C=O) groups is 1. The van der Waals surface area contributed by atoms with Gasteiger partial charge in [-0.15, -0.1) is 0 Å². The molecule has 5 nitrogen and oxygen atoms in total. The first-order valence-corrected chi connectivity index (χ1v) is 10.5. The van der Waals surface area contributed by atoms with Crippen LogP contribution in [-0.2, 0) is 32.2 Å². The zero-order valence-electron chi connectivity index (χ0n) is 18.4. The minimum Gasteiger partial charge on any atom is -0.469 e. The summed E-state index contributed by atoms with van der Waals surface area (Å²) < 4.78 is 17.0. The van der Waals surface area contributed by atoms with E-state index >= 15 is 0 Å². The van der Waals surface area contributed by atoms with Crippen molar-refractivity contribution in [2.24, 2.45) is 17.8 Å². The number of benzene rings is 2. The van der Waals surface area contributed by atoms with Gasteiger partial charge in [0, 0.05) is 11.8 Å². The topological polar surface area (TPSA) is 65.0 Å². The third-order valence-corrected chi connectivity index (χ3v) is 5.48. The Balaban J connectivity index is 2.03. The summed E-state index contributed by atoms with van der Waals surface area (Å²) in [6, 6.07) is 19.9. The summed E-state index contributed by atoms with van der Waals surface area (Å²) in [4.78, 5) is 11.9. The Morgan fingerprint density at radius 3 is 1.97 bits per heavy atom. The molecule has 2 rings (SSSR count). The van der Waals surface area contributed by atoms with Crippen LogP contribution in [0.15, 0.2) is 60.7 Å². The molecule has 0 aliphatic carbocycles. The quantitative estimate of drug-likeness (QED) is 0.527. The van der Waals surface area contributed by atoms with E-state index in [1.54, 1.807) is 6.92 Å². The van der Waals surface area contributed by atoms with Crippen molar-refractivity contribution >= 4 is 5.97 Å². The predicted molar refractivity (Wildman–Crippen MR) is 117 cm³/mol. The maximum Gasteiger partial charge on any atom is 0.311 e. The Kier molecular flexibility index (Phi) is 10.0. The Bertz CT molecular complexity index is 734. The third-order valence-electron chi connectivity index (χ3n) is 5.48. The van der Waals surface area contributed by atoms with E-state index < -0.39 is 18.0 Å². The van der Waals surface area contributed by atoms with Gasteiger partial charge >= 0.3 is 5.97 Å². The fraction of sp³-hybridized carbons (Fsp3) is 0.480. The minimum absolute atomic E-state index is 0.0203. The molecule has 0 aliphatic rings. The molecule has 2 aromatic rings. The second-order valence-corrected chi connectivity index (χ2v) is 7.90. The first-order chi connectivity index (χ1) is 14.4. The molecule has 1 N–H and O–H groups in total. The highest BCUT2D eigenvalue weighted by Crippen LogP contribution is 2.26. The number of aliphatic hydroxyl groups is 1. The molecule has 0 spiro atoms. The average molecular weight is 415 g/mol. The first-order valence-electron chi connectivity index (χ1n) is 10.5. The van der Waals surface area contributed by atoms with Crippen LogP contribution in [0, 0.1) is 17.8 Å². The van der Waals surface area contributed by atoms with Crippen molar-refractivity contribution in [3.63, 3.8) is 0 Å². The summed E-state index contributed by atoms with van der Waals surface area (Å²) in [6.07, 6.45) is -1.17. The number of methoxy groups -OCH3 is 1. The number of hydrogen-bond donors (Lipinski definition) is 1. The number of hydrogen-bond acceptors (Lipinski definition) is 5. The van der Waals surface area contributed by atoms with Crippen molar-refractivity contribution in [2.45, 2.75) is 46.2 Å². The molecule has 0 fully saturated rings. The van der Waals surface area contributed by atoms with Gasteiger partial charge in [0.25, 0.3) is 0 Å². The number of rotatable bonds is 12. The van der Waals surface area contributed by atoms with E-state index in [9.17, 15) is 9.90 Å². The summed E-state index contributed by atoms with van der Waals surface area (Å²) in [6.45, 7) is 7.07. The van der Waals surface area contributed by atoms with Gasteiger partial charge in [0.15, 0.2) is 0 Å². The van der Waals surface area contributed by atoms with E-state index in [1.165, 1.54) is 7.11 Å². The zero-order chi connectivity index (χ0) is 21.9. The summed E-state index contributed by atoms with van der Waals surface area (Å²) in [7, 11) is 1.33. The molecule has 164 valence electrons. The largest absolute Gasteiger partial charge is 0.469 e. The van der Waals surface area contributed by atoms with E-state index in [2.05, 4.69) is 0 Å². The van der Waals surface area contributed by atoms with Crippen LogP contribution >= 0.6 is 0 Å². The summed E-state index contributed by atoms with van der Waals surface area (Å²) >= 11 is 0. The van der Waals surface area contributed by atoms with E-state index in [-0.39, 0.29) is 17.9 Å². The predicted octanol–water partition coefficient (Wildman–Crippen LogP) is 4.23. The average Bonchev–Trinajstić information content (AvgIpc) is 2.78. The molecule has 0 aliphatic heterocycles. The second kappa shape index (κ2) is 12.5. The second-order valence-electron chi connectivity index (χ2n) is 7.90. The van der Waals surface area contributed by atoms with Gasteiger partial charge in [-0.3, -0.25) is 4.79 Å². The smallest absolute Gasteiger partial charge is 0.311 e. The number of carbonyl (C=O) groups excluding carboxylic acids is 1. The van der Waals surface area contributed by atoms with E-state index in [0.717, 1.165) is 11.1 Å². The van der Waals surface area contributed by atoms with Gasteiger partial charge in [-0.25, -0.2) is 0 Å². The Labute approximate surface area is 180 Å². The molecular formula is C25H34O5. The van der Waals surface area contributed by atoms with Crippen LogP contribution < -0.4 is 0 Å². The van der Waals surface area contributed by atoms with Crippen LogP contribution in [0.5, 0.6) is 0 Å². The number of ether oxygens (including phenoxy) is 3. The van der Waals surface area contributed by atoms with Gasteiger partial charge in [0.2, 0.25) is 0 Å². The van der Waals surface area contributed by atoms with Crippen LogP contribution in [-0.4, -0.2) is 37.0 Å². The van der Waals surface area contributed by atoms with Crippen LogP contribution in [0.25, 0.3) is 0 Å². The van der Waals surface area contributed by atoms with E-state index in [4.69, 9.17) is 14.2 Å². The van der Waals surface area contributed by atoms with Crippen molar-refractivity contribution in [2.75, 3.05) is 13.7 Å². The Morgan fingerprint density at radius 2 is 1.43 bits per heavy atom. The van der Waals surface area contributed by atoms with Crippen LogP contribution in [0.1, 0.15) is 31.9 Å². The molecule has 0 unspecified atom stereocenters. The van der Waals surface area contributed by atoms with Gasteiger partial charge in [0.1, 0.15) is 0 Å². The minimum atomic E-state index is -0.880. The standard InChI is InChI=1S/C25H34O5/c1-18(15-29-16-21-11-7-5-8-12-21)24(30-17-22-13-9-6-10-14-22)19(2)23(26)20(3)25(27)28-4/h5-14,18-20,23-24,26H,15-17H2,1-4H3/t18-,19+,20-,23-,24+/m0/s1. The molecule has 5 heteroatoms. The first kappa shape index (κ1) is 24.1. The SMILES string of the molecule is COC(=O)[C@@H](C)[C@@H](O)[C@@H](C)[C@H](OCc1ccccc1)[C@@H](C)COCc1ccccc1. The lowest BCUT2D eigenvalue weighted by molar-refractivity contribution is -0.153. The highest BCUT2D eigenvalue weighted by molar-refractivity contribution is 5.72. The maximum atomic E-state index is 11.9. The van der Waals surface area contributed by atoms with Gasteiger partial charge in [-0.05, 0) is 18.1 Å². The van der Waals surface area contributed by atoms with Crippen molar-refractivity contribution in [1.82, 2.24) is 0 Å². The Hall–Kier alpha value is -2.21. The maximum absolute atomic E-state index is 11.9. The lowest BCUT2D eigenvalue weighted by Gasteiger charge is -2.34. The molecular weight excluding hydrogens is 380 g/mol. The van der Waals surface area contributed by atoms with Gasteiger partial charge < -0.3 is 19.3 Å². The van der Waals surface area contributed by atoms with Gasteiger partial charge in [-0.1, -0.05) is 74.5 Å². The highest BCUT2D eigenvalue weighted by atomic mass is 16.5. The molecule has 30 heavy (non-hydrogen) atoms. The number of aliphatic hydroxyl groups excluding tert-OH is 1. The van der Waals surface area contributed by atoms with Crippen molar-refractivity contribution < 1.29 is 24.1 Å². The lowest BCUT2D eigenvalue weighted by Crippen LogP contribution is -2.42. The molecule has 0 aromatic heterocycles. The van der Waals surface area contributed by atoms with Crippen LogP contribution in [0.3, 0.4) is 0 Å². The molecule has 0 saturated carbocycles. The van der Waals surface area contributed by atoms with Gasteiger partial charge in [-0.2, -0.15) is 0 Å². The number of esters is 1. The third kappa shape index (κ3) is 7.24. The molecule has 0 saturated heterocycles.